The van der Waals surface area contributed by atoms with E-state index in [1.54, 1.807) is 0 Å². The molecule has 0 saturated carbocycles. The molecule has 0 aromatic heterocycles. The molecule has 1 aliphatic rings. The topological polar surface area (TPSA) is 0 Å². The van der Waals surface area contributed by atoms with Crippen LogP contribution in [0.25, 0.3) is 0 Å². The summed E-state index contributed by atoms with van der Waals surface area (Å²) in [6, 6.07) is 0. The summed E-state index contributed by atoms with van der Waals surface area (Å²) in [7, 11) is 1.04. The zero-order valence-electron chi connectivity index (χ0n) is 5.33. The molecule has 0 aromatic rings. The second kappa shape index (κ2) is 3.96. The SMILES string of the molecule is B1C=CC=CC=CC=C1. The van der Waals surface area contributed by atoms with E-state index in [4.69, 9.17) is 0 Å². The van der Waals surface area contributed by atoms with Crippen LogP contribution < -0.4 is 0 Å². The fraction of sp³-hybridized carbons (Fsp3) is 0. The van der Waals surface area contributed by atoms with Crippen LogP contribution in [0, 0.1) is 0 Å². The smallest absolute Gasteiger partial charge is 0.114 e. The zero-order chi connectivity index (χ0) is 6.36. The van der Waals surface area contributed by atoms with E-state index in [2.05, 4.69) is 24.1 Å². The summed E-state index contributed by atoms with van der Waals surface area (Å²) in [5.41, 5.74) is 0. The molecule has 0 spiro atoms. The molecule has 1 heterocycles. The number of rotatable bonds is 0. The van der Waals surface area contributed by atoms with Crippen molar-refractivity contribution in [2.75, 3.05) is 0 Å². The third-order valence-corrected chi connectivity index (χ3v) is 1.10. The van der Waals surface area contributed by atoms with Crippen molar-refractivity contribution in [3.8, 4) is 0 Å². The average Bonchev–Trinajstić information content (AvgIpc) is 2.00. The second-order valence-electron chi connectivity index (χ2n) is 1.86. The van der Waals surface area contributed by atoms with Crippen molar-refractivity contribution in [2.24, 2.45) is 0 Å². The van der Waals surface area contributed by atoms with E-state index in [1.807, 2.05) is 24.3 Å². The van der Waals surface area contributed by atoms with Crippen LogP contribution in [0.3, 0.4) is 0 Å². The van der Waals surface area contributed by atoms with E-state index in [1.165, 1.54) is 0 Å². The Bertz CT molecular complexity index is 153. The molecule has 1 rings (SSSR count). The molecule has 0 N–H and O–H groups in total. The molecule has 0 atom stereocenters. The molecule has 1 heteroatoms. The Morgan fingerprint density at radius 1 is 0.556 bits per heavy atom. The second-order valence-corrected chi connectivity index (χ2v) is 1.86. The molecule has 1 aliphatic heterocycles. The van der Waals surface area contributed by atoms with Crippen molar-refractivity contribution >= 4 is 7.28 Å². The van der Waals surface area contributed by atoms with Gasteiger partial charge in [-0.3, -0.25) is 0 Å². The maximum absolute atomic E-state index is 2.12. The van der Waals surface area contributed by atoms with Crippen LogP contribution in [0.1, 0.15) is 0 Å². The highest BCUT2D eigenvalue weighted by Gasteiger charge is 1.73. The van der Waals surface area contributed by atoms with E-state index in [0.29, 0.717) is 0 Å². The summed E-state index contributed by atoms with van der Waals surface area (Å²) in [5, 5.41) is 0. The molecule has 44 valence electrons. The van der Waals surface area contributed by atoms with Crippen LogP contribution in [0.2, 0.25) is 0 Å². The van der Waals surface area contributed by atoms with E-state index in [0.717, 1.165) is 7.28 Å². The Morgan fingerprint density at radius 3 is 1.56 bits per heavy atom. The lowest BCUT2D eigenvalue weighted by atomic mass is 9.78. The molecule has 0 radical (unpaired) electrons. The van der Waals surface area contributed by atoms with Crippen LogP contribution in [-0.2, 0) is 0 Å². The van der Waals surface area contributed by atoms with Gasteiger partial charge < -0.3 is 0 Å². The van der Waals surface area contributed by atoms with Gasteiger partial charge in [0.2, 0.25) is 0 Å². The molecule has 0 saturated heterocycles. The summed E-state index contributed by atoms with van der Waals surface area (Å²) in [5.74, 6) is 4.25. The maximum atomic E-state index is 2.12. The van der Waals surface area contributed by atoms with Gasteiger partial charge in [-0.15, -0.1) is 12.0 Å². The highest BCUT2D eigenvalue weighted by molar-refractivity contribution is 6.48. The number of allylic oxidation sites excluding steroid dienone is 6. The highest BCUT2D eigenvalue weighted by atomic mass is 13.7. The Balaban J connectivity index is 2.60. The van der Waals surface area contributed by atoms with Crippen molar-refractivity contribution in [2.45, 2.75) is 0 Å². The average molecular weight is 116 g/mol. The third-order valence-electron chi connectivity index (χ3n) is 1.10. The molecule has 0 unspecified atom stereocenters. The molecular weight excluding hydrogens is 107 g/mol. The quantitative estimate of drug-likeness (QED) is 0.421. The van der Waals surface area contributed by atoms with Gasteiger partial charge in [0.25, 0.3) is 0 Å². The van der Waals surface area contributed by atoms with Crippen molar-refractivity contribution in [3.05, 3.63) is 48.4 Å². The van der Waals surface area contributed by atoms with E-state index < -0.39 is 0 Å². The van der Waals surface area contributed by atoms with Crippen LogP contribution in [0.15, 0.2) is 48.4 Å². The van der Waals surface area contributed by atoms with Crippen LogP contribution in [-0.4, -0.2) is 7.28 Å². The van der Waals surface area contributed by atoms with Crippen molar-refractivity contribution < 1.29 is 0 Å². The first-order valence-electron chi connectivity index (χ1n) is 3.15. The van der Waals surface area contributed by atoms with E-state index in [9.17, 15) is 0 Å². The summed E-state index contributed by atoms with van der Waals surface area (Å²) in [6.45, 7) is 0. The maximum Gasteiger partial charge on any atom is 0.173 e. The van der Waals surface area contributed by atoms with Crippen LogP contribution >= 0.6 is 0 Å². The number of hydrogen-bond donors (Lipinski definition) is 0. The van der Waals surface area contributed by atoms with Gasteiger partial charge in [0, 0.05) is 0 Å². The fourth-order valence-electron chi connectivity index (χ4n) is 0.649. The molecular formula is C8H9B. The lowest BCUT2D eigenvalue weighted by molar-refractivity contribution is 1.91. The Kier molecular flexibility index (Phi) is 2.71. The molecule has 0 aliphatic carbocycles. The van der Waals surface area contributed by atoms with E-state index >= 15 is 0 Å². The van der Waals surface area contributed by atoms with Gasteiger partial charge >= 0.3 is 0 Å². The van der Waals surface area contributed by atoms with Gasteiger partial charge in [-0.25, -0.2) is 0 Å². The molecule has 0 fully saturated rings. The summed E-state index contributed by atoms with van der Waals surface area (Å²) >= 11 is 0. The number of hydrogen-bond acceptors (Lipinski definition) is 0. The highest BCUT2D eigenvalue weighted by Crippen LogP contribution is 1.85. The third kappa shape index (κ3) is 2.75. The minimum atomic E-state index is 1.04. The lowest BCUT2D eigenvalue weighted by Gasteiger charge is -1.71. The van der Waals surface area contributed by atoms with Gasteiger partial charge in [-0.2, -0.15) is 0 Å². The first kappa shape index (κ1) is 6.15. The summed E-state index contributed by atoms with van der Waals surface area (Å²) in [6.07, 6.45) is 12.2. The van der Waals surface area contributed by atoms with Crippen molar-refractivity contribution in [1.29, 1.82) is 0 Å². The normalized spacial score (nSPS) is 16.0. The summed E-state index contributed by atoms with van der Waals surface area (Å²) in [4.78, 5) is 0. The largest absolute Gasteiger partial charge is 0.173 e. The molecule has 0 amide bonds. The van der Waals surface area contributed by atoms with Crippen LogP contribution in [0.5, 0.6) is 0 Å². The zero-order valence-corrected chi connectivity index (χ0v) is 5.33. The minimum Gasteiger partial charge on any atom is -0.114 e. The predicted molar refractivity (Wildman–Crippen MR) is 43.7 cm³/mol. The Labute approximate surface area is 56.5 Å². The first-order valence-corrected chi connectivity index (χ1v) is 3.15. The van der Waals surface area contributed by atoms with Gasteiger partial charge in [0.05, 0.1) is 0 Å². The van der Waals surface area contributed by atoms with Crippen molar-refractivity contribution in [3.63, 3.8) is 0 Å². The Morgan fingerprint density at radius 2 is 1.00 bits per heavy atom. The predicted octanol–water partition coefficient (Wildman–Crippen LogP) is 1.58. The standard InChI is InChI=1S/C8H9B/c1-2-4-6-8-9-7-5-3-1/h1-9H. The minimum absolute atomic E-state index is 1.04. The van der Waals surface area contributed by atoms with Gasteiger partial charge in [0.15, 0.2) is 7.28 Å². The fourth-order valence-corrected chi connectivity index (χ4v) is 0.649. The van der Waals surface area contributed by atoms with Gasteiger partial charge in [0.1, 0.15) is 0 Å². The molecule has 0 bridgehead atoms. The monoisotopic (exact) mass is 116 g/mol. The molecule has 0 nitrogen and oxygen atoms in total. The van der Waals surface area contributed by atoms with Crippen molar-refractivity contribution in [1.82, 2.24) is 0 Å². The first-order chi connectivity index (χ1) is 4.50. The van der Waals surface area contributed by atoms with Gasteiger partial charge in [-0.1, -0.05) is 36.5 Å². The van der Waals surface area contributed by atoms with Gasteiger partial charge in [-0.05, 0) is 0 Å². The summed E-state index contributed by atoms with van der Waals surface area (Å²) < 4.78 is 0. The molecule has 0 aromatic carbocycles. The molecule has 9 heavy (non-hydrogen) atoms. The lowest BCUT2D eigenvalue weighted by Crippen LogP contribution is -1.72. The van der Waals surface area contributed by atoms with Crippen LogP contribution in [0.4, 0.5) is 0 Å². The Hall–Kier alpha value is -0.975. The van der Waals surface area contributed by atoms with E-state index in [-0.39, 0.29) is 0 Å².